The van der Waals surface area contributed by atoms with Crippen LogP contribution in [0.5, 0.6) is 0 Å². The number of hydrogen-bond acceptors (Lipinski definition) is 3. The van der Waals surface area contributed by atoms with Gasteiger partial charge < -0.3 is 0 Å². The van der Waals surface area contributed by atoms with E-state index in [0.29, 0.717) is 12.1 Å². The van der Waals surface area contributed by atoms with Gasteiger partial charge >= 0.3 is 0 Å². The molecule has 0 saturated carbocycles. The highest BCUT2D eigenvalue weighted by Crippen LogP contribution is 2.21. The van der Waals surface area contributed by atoms with Crippen LogP contribution in [0.3, 0.4) is 0 Å². The van der Waals surface area contributed by atoms with Crippen LogP contribution in [0.25, 0.3) is 0 Å². The van der Waals surface area contributed by atoms with Crippen molar-refractivity contribution in [3.05, 3.63) is 0 Å². The third-order valence-corrected chi connectivity index (χ3v) is 2.40. The van der Waals surface area contributed by atoms with Gasteiger partial charge in [0.15, 0.2) is 0 Å². The van der Waals surface area contributed by atoms with Crippen LogP contribution in [0.4, 0.5) is 0 Å². The lowest BCUT2D eigenvalue weighted by molar-refractivity contribution is 0.109. The monoisotopic (exact) mass is 165 g/mol. The van der Waals surface area contributed by atoms with E-state index in [1.807, 2.05) is 11.1 Å². The Hall–Kier alpha value is -1.04. The molecular formula is C9H15N3. The van der Waals surface area contributed by atoms with Gasteiger partial charge in [-0.15, -0.1) is 0 Å². The molecule has 2 unspecified atom stereocenters. The summed E-state index contributed by atoms with van der Waals surface area (Å²) in [4.78, 5) is 0. The molecule has 0 aromatic heterocycles. The predicted molar refractivity (Wildman–Crippen MR) is 48.7 cm³/mol. The molecule has 0 radical (unpaired) electrons. The molecule has 12 heavy (non-hydrogen) atoms. The Bertz CT molecular complexity index is 194. The summed E-state index contributed by atoms with van der Waals surface area (Å²) < 4.78 is 0. The average Bonchev–Trinajstić information content (AvgIpc) is 2.04. The number of hydrogen-bond donors (Lipinski definition) is 0. The fourth-order valence-electron chi connectivity index (χ4n) is 1.73. The summed E-state index contributed by atoms with van der Waals surface area (Å²) in [5, 5.41) is 14.5. The Balaban J connectivity index is 2.58. The third kappa shape index (κ3) is 1.97. The fraction of sp³-hybridized carbons (Fsp3) is 0.778. The number of hydrazone groups is 1. The maximum absolute atomic E-state index is 8.34. The molecule has 0 aromatic rings. The van der Waals surface area contributed by atoms with Gasteiger partial charge in [-0.25, -0.2) is 0 Å². The molecular weight excluding hydrogens is 150 g/mol. The van der Waals surface area contributed by atoms with E-state index in [2.05, 4.69) is 18.9 Å². The fourth-order valence-corrected chi connectivity index (χ4v) is 1.73. The van der Waals surface area contributed by atoms with Crippen LogP contribution in [0, 0.1) is 11.3 Å². The lowest BCUT2D eigenvalue weighted by atomic mass is 10.00. The quantitative estimate of drug-likeness (QED) is 0.555. The minimum Gasteiger partial charge on any atom is -0.291 e. The number of piperidine rings is 1. The Morgan fingerprint density at radius 3 is 2.50 bits per heavy atom. The van der Waals surface area contributed by atoms with Crippen LogP contribution >= 0.6 is 0 Å². The molecule has 1 heterocycles. The van der Waals surface area contributed by atoms with Crippen molar-refractivity contribution in [2.75, 3.05) is 0 Å². The maximum Gasteiger partial charge on any atom is 0.124 e. The average molecular weight is 165 g/mol. The highest BCUT2D eigenvalue weighted by atomic mass is 15.5. The zero-order valence-corrected chi connectivity index (χ0v) is 7.70. The lowest BCUT2D eigenvalue weighted by Gasteiger charge is -2.36. The van der Waals surface area contributed by atoms with Gasteiger partial charge in [0.05, 0.1) is 0 Å². The molecule has 3 heteroatoms. The van der Waals surface area contributed by atoms with Crippen LogP contribution in [0.15, 0.2) is 5.10 Å². The molecule has 0 bridgehead atoms. The number of rotatable bonds is 1. The zero-order valence-electron chi connectivity index (χ0n) is 7.70. The van der Waals surface area contributed by atoms with E-state index in [0.717, 1.165) is 0 Å². The highest BCUT2D eigenvalue weighted by molar-refractivity contribution is 5.74. The Kier molecular flexibility index (Phi) is 3.09. The molecule has 3 nitrogen and oxygen atoms in total. The van der Waals surface area contributed by atoms with E-state index in [9.17, 15) is 0 Å². The van der Waals surface area contributed by atoms with E-state index in [1.54, 1.807) is 0 Å². The third-order valence-electron chi connectivity index (χ3n) is 2.40. The summed E-state index contributed by atoms with van der Waals surface area (Å²) in [6, 6.07) is 2.89. The maximum atomic E-state index is 8.34. The molecule has 0 amide bonds. The summed E-state index contributed by atoms with van der Waals surface area (Å²) in [7, 11) is 0. The summed E-state index contributed by atoms with van der Waals surface area (Å²) in [5.74, 6) is 0. The predicted octanol–water partition coefficient (Wildman–Crippen LogP) is 1.76. The molecule has 1 aliphatic rings. The number of nitrogens with zero attached hydrogens (tertiary/aromatic N) is 3. The molecule has 2 atom stereocenters. The van der Waals surface area contributed by atoms with E-state index in [-0.39, 0.29) is 0 Å². The topological polar surface area (TPSA) is 39.4 Å². The van der Waals surface area contributed by atoms with Crippen LogP contribution in [0.2, 0.25) is 0 Å². The molecule has 0 aliphatic carbocycles. The van der Waals surface area contributed by atoms with Crippen molar-refractivity contribution < 1.29 is 0 Å². The smallest absolute Gasteiger partial charge is 0.124 e. The number of nitriles is 1. The standard InChI is InChI=1S/C9H15N3/c1-8-4-3-5-9(2)12(8)11-7-6-10/h7-9H,3-5H2,1-2H3/b11-7-. The molecule has 1 saturated heterocycles. The van der Waals surface area contributed by atoms with Crippen molar-refractivity contribution >= 4 is 6.21 Å². The Labute approximate surface area is 73.7 Å². The van der Waals surface area contributed by atoms with Gasteiger partial charge in [-0.1, -0.05) is 0 Å². The van der Waals surface area contributed by atoms with Crippen LogP contribution in [0.1, 0.15) is 33.1 Å². The highest BCUT2D eigenvalue weighted by Gasteiger charge is 2.22. The molecule has 0 spiro atoms. The first-order valence-corrected chi connectivity index (χ1v) is 4.46. The Morgan fingerprint density at radius 2 is 2.00 bits per heavy atom. The van der Waals surface area contributed by atoms with Gasteiger partial charge in [0, 0.05) is 12.1 Å². The first-order valence-electron chi connectivity index (χ1n) is 4.46. The van der Waals surface area contributed by atoms with Gasteiger partial charge in [0.2, 0.25) is 0 Å². The lowest BCUT2D eigenvalue weighted by Crippen LogP contribution is -2.39. The van der Waals surface area contributed by atoms with Crippen molar-refractivity contribution in [2.24, 2.45) is 5.10 Å². The zero-order chi connectivity index (χ0) is 8.97. The van der Waals surface area contributed by atoms with Crippen molar-refractivity contribution in [1.82, 2.24) is 5.01 Å². The first-order chi connectivity index (χ1) is 5.75. The molecule has 0 N–H and O–H groups in total. The van der Waals surface area contributed by atoms with Gasteiger partial charge in [0.1, 0.15) is 12.3 Å². The van der Waals surface area contributed by atoms with E-state index in [1.165, 1.54) is 25.5 Å². The molecule has 66 valence electrons. The normalized spacial score (nSPS) is 30.6. The van der Waals surface area contributed by atoms with Gasteiger partial charge in [0.25, 0.3) is 0 Å². The molecule has 1 fully saturated rings. The van der Waals surface area contributed by atoms with Crippen molar-refractivity contribution in [3.8, 4) is 6.07 Å². The second-order valence-corrected chi connectivity index (χ2v) is 3.38. The van der Waals surface area contributed by atoms with Crippen LogP contribution in [-0.4, -0.2) is 23.3 Å². The van der Waals surface area contributed by atoms with Crippen molar-refractivity contribution in [3.63, 3.8) is 0 Å². The largest absolute Gasteiger partial charge is 0.291 e. The Morgan fingerprint density at radius 1 is 1.42 bits per heavy atom. The minimum absolute atomic E-state index is 0.485. The van der Waals surface area contributed by atoms with E-state index >= 15 is 0 Å². The minimum atomic E-state index is 0.485. The second-order valence-electron chi connectivity index (χ2n) is 3.38. The summed E-state index contributed by atoms with van der Waals surface area (Å²) in [6.07, 6.45) is 4.97. The van der Waals surface area contributed by atoms with Crippen LogP contribution in [-0.2, 0) is 0 Å². The van der Waals surface area contributed by atoms with Gasteiger partial charge in [-0.3, -0.25) is 5.01 Å². The van der Waals surface area contributed by atoms with Crippen molar-refractivity contribution in [1.29, 1.82) is 5.26 Å². The molecule has 0 aromatic carbocycles. The van der Waals surface area contributed by atoms with Gasteiger partial charge in [-0.05, 0) is 33.1 Å². The van der Waals surface area contributed by atoms with E-state index in [4.69, 9.17) is 5.26 Å². The summed E-state index contributed by atoms with van der Waals surface area (Å²) in [6.45, 7) is 4.31. The first kappa shape index (κ1) is 9.05. The van der Waals surface area contributed by atoms with E-state index < -0.39 is 0 Å². The molecule has 1 rings (SSSR count). The summed E-state index contributed by atoms with van der Waals surface area (Å²) >= 11 is 0. The second kappa shape index (κ2) is 4.10. The van der Waals surface area contributed by atoms with Gasteiger partial charge in [-0.2, -0.15) is 10.4 Å². The molecule has 1 aliphatic heterocycles. The SMILES string of the molecule is CC1CCCC(C)N1/N=C\C#N. The van der Waals surface area contributed by atoms with Crippen molar-refractivity contribution in [2.45, 2.75) is 45.2 Å². The summed E-state index contributed by atoms with van der Waals surface area (Å²) in [5.41, 5.74) is 0. The van der Waals surface area contributed by atoms with Crippen LogP contribution < -0.4 is 0 Å².